The molecule has 0 aliphatic heterocycles. The molecule has 13 heteroatoms. The van der Waals surface area contributed by atoms with Crippen molar-refractivity contribution < 1.29 is 24.6 Å². The number of hydrogen-bond acceptors (Lipinski definition) is 9. The summed E-state index contributed by atoms with van der Waals surface area (Å²) in [6.45, 7) is 4.08. The molecule has 0 aliphatic carbocycles. The second-order valence-corrected chi connectivity index (χ2v) is 7.98. The lowest BCUT2D eigenvalue weighted by molar-refractivity contribution is -0.140. The molecule has 2 aromatic heterocycles. The van der Waals surface area contributed by atoms with E-state index in [9.17, 15) is 24.3 Å². The molecular weight excluding hydrogens is 458 g/mol. The first kappa shape index (κ1) is 25.1. The van der Waals surface area contributed by atoms with E-state index in [2.05, 4.69) is 35.9 Å². The summed E-state index contributed by atoms with van der Waals surface area (Å²) in [5.41, 5.74) is 1.28. The largest absolute Gasteiger partial charge is 0.481 e. The number of aromatic nitrogens is 4. The summed E-state index contributed by atoms with van der Waals surface area (Å²) in [7, 11) is 0. The Morgan fingerprint density at radius 2 is 1.80 bits per heavy atom. The van der Waals surface area contributed by atoms with E-state index in [4.69, 9.17) is 5.11 Å². The standard InChI is InChI=1S/C22H25N7O6/c1-11(2)25-22-28-18-17(20(33)29-22)26-14(10-24-18)9-23-13-5-3-12(4-6-13)19(32)27-15(21(34)35)7-8-16(30)31/h3-6,10-11,15,23H,7-9H2,1-2H3,(H,27,32)(H,30,31)(H,34,35)(H2,24,25,28,29,33)/t15-/m0/s1. The van der Waals surface area contributed by atoms with E-state index in [-0.39, 0.29) is 36.5 Å². The van der Waals surface area contributed by atoms with Crippen molar-refractivity contribution in [2.45, 2.75) is 45.3 Å². The van der Waals surface area contributed by atoms with Crippen molar-refractivity contribution in [3.63, 3.8) is 0 Å². The predicted octanol–water partition coefficient (Wildman–Crippen LogP) is 1.19. The molecule has 2 heterocycles. The molecule has 184 valence electrons. The highest BCUT2D eigenvalue weighted by Gasteiger charge is 2.21. The number of aliphatic carboxylic acids is 2. The summed E-state index contributed by atoms with van der Waals surface area (Å²) in [5, 5.41) is 26.3. The minimum Gasteiger partial charge on any atom is -0.481 e. The topological polar surface area (TPSA) is 199 Å². The van der Waals surface area contributed by atoms with E-state index in [1.54, 1.807) is 12.1 Å². The Morgan fingerprint density at radius 3 is 2.43 bits per heavy atom. The monoisotopic (exact) mass is 483 g/mol. The van der Waals surface area contributed by atoms with Crippen LogP contribution >= 0.6 is 0 Å². The van der Waals surface area contributed by atoms with Gasteiger partial charge in [0, 0.05) is 23.7 Å². The molecule has 0 unspecified atom stereocenters. The number of carbonyl (C=O) groups excluding carboxylic acids is 1. The number of H-pyrrole nitrogens is 1. The number of nitrogens with zero attached hydrogens (tertiary/aromatic N) is 3. The molecule has 13 nitrogen and oxygen atoms in total. The van der Waals surface area contributed by atoms with Gasteiger partial charge in [-0.3, -0.25) is 14.4 Å². The molecule has 6 N–H and O–H groups in total. The van der Waals surface area contributed by atoms with Gasteiger partial charge in [0.15, 0.2) is 11.2 Å². The zero-order valence-corrected chi connectivity index (χ0v) is 19.0. The Hall–Kier alpha value is -4.55. The number of anilines is 2. The van der Waals surface area contributed by atoms with Crippen molar-refractivity contribution in [2.75, 3.05) is 10.6 Å². The van der Waals surface area contributed by atoms with Gasteiger partial charge in [-0.1, -0.05) is 0 Å². The minimum absolute atomic E-state index is 0.0834. The lowest BCUT2D eigenvalue weighted by Crippen LogP contribution is -2.41. The number of carboxylic acids is 2. The van der Waals surface area contributed by atoms with Gasteiger partial charge in [0.05, 0.1) is 18.4 Å². The van der Waals surface area contributed by atoms with E-state index in [1.165, 1.54) is 18.3 Å². The lowest BCUT2D eigenvalue weighted by atomic mass is 10.1. The van der Waals surface area contributed by atoms with Crippen LogP contribution in [0.1, 0.15) is 42.7 Å². The molecule has 1 atom stereocenters. The third kappa shape index (κ3) is 6.96. The highest BCUT2D eigenvalue weighted by atomic mass is 16.4. The maximum atomic E-state index is 12.3. The molecule has 0 fully saturated rings. The summed E-state index contributed by atoms with van der Waals surface area (Å²) >= 11 is 0. The van der Waals surface area contributed by atoms with Crippen molar-refractivity contribution in [3.8, 4) is 0 Å². The second kappa shape index (κ2) is 11.0. The Labute approximate surface area is 199 Å². The highest BCUT2D eigenvalue weighted by Crippen LogP contribution is 2.12. The third-order valence-electron chi connectivity index (χ3n) is 4.77. The summed E-state index contributed by atoms with van der Waals surface area (Å²) in [6.07, 6.45) is 0.919. The highest BCUT2D eigenvalue weighted by molar-refractivity contribution is 5.96. The van der Waals surface area contributed by atoms with Crippen LogP contribution in [0.4, 0.5) is 11.6 Å². The number of amides is 1. The Kier molecular flexibility index (Phi) is 7.92. The number of hydrogen-bond donors (Lipinski definition) is 6. The van der Waals surface area contributed by atoms with Crippen LogP contribution in [0.25, 0.3) is 11.2 Å². The number of aromatic amines is 1. The molecule has 3 aromatic rings. The molecule has 0 bridgehead atoms. The number of carboxylic acid groups (broad SMARTS) is 2. The van der Waals surface area contributed by atoms with Crippen molar-refractivity contribution in [1.82, 2.24) is 25.3 Å². The normalized spacial score (nSPS) is 11.7. The fourth-order valence-electron chi connectivity index (χ4n) is 3.09. The van der Waals surface area contributed by atoms with Gasteiger partial charge in [0.25, 0.3) is 5.91 Å². The Balaban J connectivity index is 1.63. The Morgan fingerprint density at radius 1 is 1.09 bits per heavy atom. The van der Waals surface area contributed by atoms with Gasteiger partial charge in [-0.2, -0.15) is 4.98 Å². The molecule has 1 amide bonds. The number of nitrogens with one attached hydrogen (secondary N) is 4. The van der Waals surface area contributed by atoms with Gasteiger partial charge in [-0.25, -0.2) is 14.8 Å². The van der Waals surface area contributed by atoms with Crippen molar-refractivity contribution in [2.24, 2.45) is 0 Å². The first-order valence-electron chi connectivity index (χ1n) is 10.7. The number of fused-ring (bicyclic) bond motifs is 1. The number of benzene rings is 1. The Bertz CT molecular complexity index is 1290. The average Bonchev–Trinajstić information content (AvgIpc) is 2.80. The van der Waals surface area contributed by atoms with Crippen LogP contribution in [0.5, 0.6) is 0 Å². The molecule has 35 heavy (non-hydrogen) atoms. The lowest BCUT2D eigenvalue weighted by Gasteiger charge is -2.14. The van der Waals surface area contributed by atoms with Gasteiger partial charge in [-0.15, -0.1) is 0 Å². The molecule has 0 spiro atoms. The maximum Gasteiger partial charge on any atom is 0.326 e. The summed E-state index contributed by atoms with van der Waals surface area (Å²) in [6, 6.07) is 5.01. The molecule has 3 rings (SSSR count). The SMILES string of the molecule is CC(C)Nc1nc(=O)c2nc(CNc3ccc(C(=O)N[C@@H](CCC(=O)O)C(=O)O)cc3)cnc2[nH]1. The first-order valence-corrected chi connectivity index (χ1v) is 10.7. The summed E-state index contributed by atoms with van der Waals surface area (Å²) < 4.78 is 0. The molecular formula is C22H25N7O6. The van der Waals surface area contributed by atoms with Gasteiger partial charge >= 0.3 is 17.5 Å². The first-order chi connectivity index (χ1) is 16.6. The van der Waals surface area contributed by atoms with Crippen LogP contribution in [0.3, 0.4) is 0 Å². The van der Waals surface area contributed by atoms with E-state index >= 15 is 0 Å². The van der Waals surface area contributed by atoms with Crippen molar-refractivity contribution in [3.05, 3.63) is 52.1 Å². The third-order valence-corrected chi connectivity index (χ3v) is 4.77. The fourth-order valence-corrected chi connectivity index (χ4v) is 3.09. The molecule has 0 radical (unpaired) electrons. The smallest absolute Gasteiger partial charge is 0.326 e. The second-order valence-electron chi connectivity index (χ2n) is 7.98. The van der Waals surface area contributed by atoms with Gasteiger partial charge in [0.2, 0.25) is 5.95 Å². The average molecular weight is 483 g/mol. The molecule has 0 aliphatic rings. The summed E-state index contributed by atoms with van der Waals surface area (Å²) in [4.78, 5) is 62.0. The zero-order valence-electron chi connectivity index (χ0n) is 19.0. The number of rotatable bonds is 11. The van der Waals surface area contributed by atoms with E-state index in [0.29, 0.717) is 23.0 Å². The quantitative estimate of drug-likeness (QED) is 0.229. The predicted molar refractivity (Wildman–Crippen MR) is 126 cm³/mol. The minimum atomic E-state index is -1.31. The maximum absolute atomic E-state index is 12.3. The van der Waals surface area contributed by atoms with Gasteiger partial charge in [0.1, 0.15) is 6.04 Å². The van der Waals surface area contributed by atoms with E-state index in [0.717, 1.165) is 0 Å². The summed E-state index contributed by atoms with van der Waals surface area (Å²) in [5.74, 6) is -2.77. The van der Waals surface area contributed by atoms with Gasteiger partial charge in [-0.05, 0) is 44.5 Å². The van der Waals surface area contributed by atoms with E-state index in [1.807, 2.05) is 13.8 Å². The fraction of sp³-hybridized carbons (Fsp3) is 0.318. The molecule has 0 saturated heterocycles. The van der Waals surface area contributed by atoms with Crippen LogP contribution in [0.2, 0.25) is 0 Å². The van der Waals surface area contributed by atoms with E-state index < -0.39 is 29.4 Å². The molecule has 0 saturated carbocycles. The van der Waals surface area contributed by atoms with Gasteiger partial charge < -0.3 is 31.1 Å². The number of carbonyl (C=O) groups is 3. The van der Waals surface area contributed by atoms with Crippen LogP contribution in [-0.2, 0) is 16.1 Å². The van der Waals surface area contributed by atoms with Crippen molar-refractivity contribution >= 4 is 40.6 Å². The van der Waals surface area contributed by atoms with Crippen LogP contribution in [0, 0.1) is 0 Å². The van der Waals surface area contributed by atoms with Crippen LogP contribution in [0.15, 0.2) is 35.3 Å². The zero-order chi connectivity index (χ0) is 25.5. The van der Waals surface area contributed by atoms with Crippen LogP contribution in [-0.4, -0.2) is 60.1 Å². The van der Waals surface area contributed by atoms with Crippen molar-refractivity contribution in [1.29, 1.82) is 0 Å². The van der Waals surface area contributed by atoms with Crippen LogP contribution < -0.4 is 21.5 Å². The molecule has 1 aromatic carbocycles.